The number of amides is 1. The SMILES string of the molecule is COCC1(C(=O)NCc2ccc(-c3nc4ccccc4[nH]3)cc2)CCNCC1. The van der Waals surface area contributed by atoms with Crippen LogP contribution >= 0.6 is 0 Å². The zero-order valence-corrected chi connectivity index (χ0v) is 16.1. The first-order valence-electron chi connectivity index (χ1n) is 9.72. The van der Waals surface area contributed by atoms with Gasteiger partial charge in [-0.1, -0.05) is 36.4 Å². The summed E-state index contributed by atoms with van der Waals surface area (Å²) in [5.74, 6) is 0.933. The highest BCUT2D eigenvalue weighted by Gasteiger charge is 2.39. The molecule has 6 nitrogen and oxygen atoms in total. The standard InChI is InChI=1S/C22H26N4O2/c1-28-15-22(10-12-23-13-11-22)21(27)24-14-16-6-8-17(9-7-16)20-25-18-4-2-3-5-19(18)26-20/h2-9,23H,10-15H2,1H3,(H,24,27)(H,25,26). The first kappa shape index (κ1) is 18.7. The maximum absolute atomic E-state index is 12.8. The number of carbonyl (C=O) groups excluding carboxylic acids is 1. The van der Waals surface area contributed by atoms with E-state index in [1.807, 2.05) is 48.5 Å². The second-order valence-corrected chi connectivity index (χ2v) is 7.45. The maximum atomic E-state index is 12.8. The Bertz CT molecular complexity index is 904. The number of methoxy groups -OCH3 is 1. The Morgan fingerprint density at radius 3 is 2.61 bits per heavy atom. The number of aromatic amines is 1. The minimum atomic E-state index is -0.422. The summed E-state index contributed by atoms with van der Waals surface area (Å²) < 4.78 is 5.35. The number of hydrogen-bond acceptors (Lipinski definition) is 4. The van der Waals surface area contributed by atoms with Gasteiger partial charge in [0.1, 0.15) is 5.82 Å². The second-order valence-electron chi connectivity index (χ2n) is 7.45. The Morgan fingerprint density at radius 1 is 1.14 bits per heavy atom. The van der Waals surface area contributed by atoms with Crippen LogP contribution in [0.25, 0.3) is 22.4 Å². The Hall–Kier alpha value is -2.70. The number of nitrogens with one attached hydrogen (secondary N) is 3. The monoisotopic (exact) mass is 378 g/mol. The van der Waals surface area contributed by atoms with E-state index in [1.54, 1.807) is 7.11 Å². The average Bonchev–Trinajstić information content (AvgIpc) is 3.17. The van der Waals surface area contributed by atoms with Gasteiger partial charge in [0, 0.05) is 19.2 Å². The van der Waals surface area contributed by atoms with E-state index in [-0.39, 0.29) is 5.91 Å². The van der Waals surface area contributed by atoms with Crippen LogP contribution in [0.15, 0.2) is 48.5 Å². The molecule has 146 valence electrons. The molecule has 0 saturated carbocycles. The third-order valence-electron chi connectivity index (χ3n) is 5.53. The van der Waals surface area contributed by atoms with Crippen molar-refractivity contribution in [2.24, 2.45) is 5.41 Å². The van der Waals surface area contributed by atoms with Gasteiger partial charge in [-0.15, -0.1) is 0 Å². The van der Waals surface area contributed by atoms with Crippen molar-refractivity contribution < 1.29 is 9.53 Å². The smallest absolute Gasteiger partial charge is 0.228 e. The first-order valence-corrected chi connectivity index (χ1v) is 9.72. The van der Waals surface area contributed by atoms with Gasteiger partial charge in [-0.3, -0.25) is 4.79 Å². The quantitative estimate of drug-likeness (QED) is 0.616. The molecule has 4 rings (SSSR count). The average molecular weight is 378 g/mol. The molecule has 0 atom stereocenters. The fourth-order valence-electron chi connectivity index (χ4n) is 3.86. The third-order valence-corrected chi connectivity index (χ3v) is 5.53. The summed E-state index contributed by atoms with van der Waals surface area (Å²) in [6.07, 6.45) is 1.61. The molecule has 1 aliphatic heterocycles. The van der Waals surface area contributed by atoms with Crippen LogP contribution in [0.2, 0.25) is 0 Å². The number of benzene rings is 2. The van der Waals surface area contributed by atoms with E-state index in [4.69, 9.17) is 4.74 Å². The van der Waals surface area contributed by atoms with E-state index in [1.165, 1.54) is 0 Å². The normalized spacial score (nSPS) is 16.2. The van der Waals surface area contributed by atoms with E-state index >= 15 is 0 Å². The molecule has 28 heavy (non-hydrogen) atoms. The molecule has 0 aliphatic carbocycles. The predicted octanol–water partition coefficient (Wildman–Crippen LogP) is 2.86. The minimum absolute atomic E-state index is 0.0808. The summed E-state index contributed by atoms with van der Waals surface area (Å²) in [5, 5.41) is 6.42. The first-order chi connectivity index (χ1) is 13.7. The second kappa shape index (κ2) is 8.12. The maximum Gasteiger partial charge on any atom is 0.228 e. The lowest BCUT2D eigenvalue weighted by atomic mass is 9.78. The molecule has 3 aromatic rings. The molecule has 2 aromatic carbocycles. The van der Waals surface area contributed by atoms with Gasteiger partial charge in [-0.25, -0.2) is 4.98 Å². The van der Waals surface area contributed by atoms with Crippen LogP contribution in [-0.4, -0.2) is 42.7 Å². The Kier molecular flexibility index (Phi) is 5.41. The van der Waals surface area contributed by atoms with Crippen molar-refractivity contribution in [2.75, 3.05) is 26.8 Å². The van der Waals surface area contributed by atoms with Crippen LogP contribution < -0.4 is 10.6 Å². The molecule has 0 radical (unpaired) electrons. The van der Waals surface area contributed by atoms with Crippen molar-refractivity contribution in [3.8, 4) is 11.4 Å². The molecule has 1 amide bonds. The fourth-order valence-corrected chi connectivity index (χ4v) is 3.86. The number of hydrogen-bond donors (Lipinski definition) is 3. The number of piperidine rings is 1. The third kappa shape index (κ3) is 3.79. The summed E-state index contributed by atoms with van der Waals surface area (Å²) in [6, 6.07) is 16.1. The molecule has 1 aliphatic rings. The number of rotatable bonds is 6. The van der Waals surface area contributed by atoms with Gasteiger partial charge in [0.15, 0.2) is 0 Å². The van der Waals surface area contributed by atoms with E-state index in [0.29, 0.717) is 13.2 Å². The van der Waals surface area contributed by atoms with Crippen molar-refractivity contribution in [1.29, 1.82) is 0 Å². The van der Waals surface area contributed by atoms with Crippen molar-refractivity contribution >= 4 is 16.9 Å². The highest BCUT2D eigenvalue weighted by Crippen LogP contribution is 2.29. The van der Waals surface area contributed by atoms with Gasteiger partial charge in [-0.05, 0) is 43.6 Å². The molecular weight excluding hydrogens is 352 g/mol. The van der Waals surface area contributed by atoms with E-state index < -0.39 is 5.41 Å². The van der Waals surface area contributed by atoms with Gasteiger partial charge in [0.25, 0.3) is 0 Å². The van der Waals surface area contributed by atoms with Crippen LogP contribution in [-0.2, 0) is 16.1 Å². The molecule has 0 spiro atoms. The summed E-state index contributed by atoms with van der Waals surface area (Å²) in [4.78, 5) is 20.8. The number of aromatic nitrogens is 2. The zero-order valence-electron chi connectivity index (χ0n) is 16.1. The van der Waals surface area contributed by atoms with Crippen molar-refractivity contribution in [3.63, 3.8) is 0 Å². The molecule has 1 aromatic heterocycles. The fraction of sp³-hybridized carbons (Fsp3) is 0.364. The topological polar surface area (TPSA) is 79.0 Å². The summed E-state index contributed by atoms with van der Waals surface area (Å²) in [5.41, 5.74) is 3.66. The number of imidazole rings is 1. The largest absolute Gasteiger partial charge is 0.384 e. The number of fused-ring (bicyclic) bond motifs is 1. The van der Waals surface area contributed by atoms with Crippen LogP contribution in [0.5, 0.6) is 0 Å². The van der Waals surface area contributed by atoms with Gasteiger partial charge in [0.2, 0.25) is 5.91 Å². The molecule has 2 heterocycles. The molecule has 6 heteroatoms. The predicted molar refractivity (Wildman–Crippen MR) is 110 cm³/mol. The summed E-state index contributed by atoms with van der Waals surface area (Å²) in [7, 11) is 1.66. The Balaban J connectivity index is 1.42. The lowest BCUT2D eigenvalue weighted by molar-refractivity contribution is -0.136. The molecule has 1 fully saturated rings. The van der Waals surface area contributed by atoms with Crippen LogP contribution in [0, 0.1) is 5.41 Å². The lowest BCUT2D eigenvalue weighted by Crippen LogP contribution is -2.49. The number of ether oxygens (including phenoxy) is 1. The number of carbonyl (C=O) groups is 1. The molecule has 1 saturated heterocycles. The molecule has 0 bridgehead atoms. The number of nitrogens with zero attached hydrogens (tertiary/aromatic N) is 1. The van der Waals surface area contributed by atoms with E-state index in [0.717, 1.165) is 53.9 Å². The molecule has 3 N–H and O–H groups in total. The Labute approximate surface area is 164 Å². The van der Waals surface area contributed by atoms with E-state index in [2.05, 4.69) is 20.6 Å². The van der Waals surface area contributed by atoms with Gasteiger partial charge in [-0.2, -0.15) is 0 Å². The van der Waals surface area contributed by atoms with Gasteiger partial charge in [0.05, 0.1) is 23.1 Å². The molecular formula is C22H26N4O2. The lowest BCUT2D eigenvalue weighted by Gasteiger charge is -2.35. The summed E-state index contributed by atoms with van der Waals surface area (Å²) >= 11 is 0. The van der Waals surface area contributed by atoms with Crippen LogP contribution in [0.3, 0.4) is 0 Å². The minimum Gasteiger partial charge on any atom is -0.384 e. The number of H-pyrrole nitrogens is 1. The number of para-hydroxylation sites is 2. The van der Waals surface area contributed by atoms with E-state index in [9.17, 15) is 4.79 Å². The van der Waals surface area contributed by atoms with Crippen molar-refractivity contribution in [3.05, 3.63) is 54.1 Å². The van der Waals surface area contributed by atoms with Crippen LogP contribution in [0.1, 0.15) is 18.4 Å². The van der Waals surface area contributed by atoms with Crippen LogP contribution in [0.4, 0.5) is 0 Å². The van der Waals surface area contributed by atoms with Crippen molar-refractivity contribution in [1.82, 2.24) is 20.6 Å². The van der Waals surface area contributed by atoms with Gasteiger partial charge >= 0.3 is 0 Å². The zero-order chi connectivity index (χ0) is 19.4. The Morgan fingerprint density at radius 2 is 1.89 bits per heavy atom. The highest BCUT2D eigenvalue weighted by molar-refractivity contribution is 5.83. The highest BCUT2D eigenvalue weighted by atomic mass is 16.5. The van der Waals surface area contributed by atoms with Crippen molar-refractivity contribution in [2.45, 2.75) is 19.4 Å². The summed E-state index contributed by atoms with van der Waals surface area (Å²) in [6.45, 7) is 2.68. The van der Waals surface area contributed by atoms with Gasteiger partial charge < -0.3 is 20.4 Å². The molecule has 0 unspecified atom stereocenters.